The fraction of sp³-hybridized carbons (Fsp3) is 0.167. The van der Waals surface area contributed by atoms with Crippen LogP contribution in [0.25, 0.3) is 22.4 Å². The molecule has 1 aliphatic heterocycles. The Morgan fingerprint density at radius 2 is 1.77 bits per heavy atom. The van der Waals surface area contributed by atoms with Crippen LogP contribution in [0.2, 0.25) is 5.02 Å². The van der Waals surface area contributed by atoms with Gasteiger partial charge in [0, 0.05) is 42.3 Å². The second-order valence-corrected chi connectivity index (χ2v) is 7.75. The lowest BCUT2D eigenvalue weighted by Crippen LogP contribution is -2.48. The molecular formula is C24H20ClN3O2. The van der Waals surface area contributed by atoms with Gasteiger partial charge in [-0.15, -0.1) is 0 Å². The maximum absolute atomic E-state index is 13.5. The highest BCUT2D eigenvalue weighted by Gasteiger charge is 2.25. The summed E-state index contributed by atoms with van der Waals surface area (Å²) in [5.41, 5.74) is 3.19. The van der Waals surface area contributed by atoms with Crippen molar-refractivity contribution < 1.29 is 9.21 Å². The number of benzene rings is 2. The van der Waals surface area contributed by atoms with E-state index in [4.69, 9.17) is 16.0 Å². The molecule has 5 nitrogen and oxygen atoms in total. The fourth-order valence-electron chi connectivity index (χ4n) is 3.91. The van der Waals surface area contributed by atoms with Gasteiger partial charge in [-0.1, -0.05) is 35.9 Å². The minimum absolute atomic E-state index is 0.0205. The van der Waals surface area contributed by atoms with Crippen molar-refractivity contribution in [3.63, 3.8) is 0 Å². The summed E-state index contributed by atoms with van der Waals surface area (Å²) in [5, 5.41) is 1.58. The topological polar surface area (TPSA) is 49.6 Å². The van der Waals surface area contributed by atoms with Crippen molar-refractivity contribution in [2.24, 2.45) is 0 Å². The molecule has 0 radical (unpaired) electrons. The van der Waals surface area contributed by atoms with Crippen molar-refractivity contribution in [1.82, 2.24) is 9.88 Å². The van der Waals surface area contributed by atoms with Crippen LogP contribution in [-0.2, 0) is 0 Å². The molecule has 0 aliphatic carbocycles. The van der Waals surface area contributed by atoms with Gasteiger partial charge in [0.1, 0.15) is 5.69 Å². The number of amides is 1. The molecule has 4 aromatic rings. The molecule has 2 aromatic heterocycles. The van der Waals surface area contributed by atoms with Gasteiger partial charge >= 0.3 is 0 Å². The van der Waals surface area contributed by atoms with Crippen molar-refractivity contribution in [3.05, 3.63) is 83.6 Å². The van der Waals surface area contributed by atoms with E-state index in [-0.39, 0.29) is 5.91 Å². The lowest BCUT2D eigenvalue weighted by Gasteiger charge is -2.36. The zero-order chi connectivity index (χ0) is 20.5. The molecule has 0 spiro atoms. The van der Waals surface area contributed by atoms with E-state index >= 15 is 0 Å². The predicted molar refractivity (Wildman–Crippen MR) is 119 cm³/mol. The van der Waals surface area contributed by atoms with E-state index in [2.05, 4.69) is 16.0 Å². The van der Waals surface area contributed by atoms with Gasteiger partial charge in [-0.3, -0.25) is 4.79 Å². The fourth-order valence-corrected chi connectivity index (χ4v) is 4.10. The van der Waals surface area contributed by atoms with E-state index in [9.17, 15) is 4.79 Å². The maximum atomic E-state index is 13.5. The van der Waals surface area contributed by atoms with Crippen LogP contribution in [0, 0.1) is 0 Å². The van der Waals surface area contributed by atoms with Crippen LogP contribution in [-0.4, -0.2) is 42.0 Å². The van der Waals surface area contributed by atoms with Crippen LogP contribution in [0.15, 0.2) is 77.4 Å². The Bertz CT molecular complexity index is 1200. The number of pyridine rings is 1. The molecule has 1 aliphatic rings. The third-order valence-electron chi connectivity index (χ3n) is 5.46. The number of carbonyl (C=O) groups excluding carboxylic acids is 1. The lowest BCUT2D eigenvalue weighted by atomic mass is 10.0. The number of fused-ring (bicyclic) bond motifs is 1. The van der Waals surface area contributed by atoms with Gasteiger partial charge < -0.3 is 14.2 Å². The number of hydrogen-bond acceptors (Lipinski definition) is 4. The largest absolute Gasteiger partial charge is 0.463 e. The second kappa shape index (κ2) is 7.84. The minimum Gasteiger partial charge on any atom is -0.463 e. The highest BCUT2D eigenvalue weighted by molar-refractivity contribution is 6.30. The lowest BCUT2D eigenvalue weighted by molar-refractivity contribution is 0.0748. The molecule has 3 heterocycles. The minimum atomic E-state index is 0.0205. The van der Waals surface area contributed by atoms with Gasteiger partial charge in [0.05, 0.1) is 17.3 Å². The Hall–Kier alpha value is -3.31. The van der Waals surface area contributed by atoms with Gasteiger partial charge in [-0.25, -0.2) is 4.98 Å². The summed E-state index contributed by atoms with van der Waals surface area (Å²) < 4.78 is 5.52. The van der Waals surface area contributed by atoms with Crippen LogP contribution in [0.1, 0.15) is 10.4 Å². The molecule has 1 fully saturated rings. The zero-order valence-corrected chi connectivity index (χ0v) is 17.0. The standard InChI is InChI=1S/C24H20ClN3O2/c25-17-5-3-6-18(15-17)27-10-12-28(13-11-27)24(29)20-16-22(23-9-4-14-30-23)26-21-8-2-1-7-19(20)21/h1-9,14-16H,10-13H2. The number of anilines is 1. The molecule has 0 N–H and O–H groups in total. The number of halogens is 1. The summed E-state index contributed by atoms with van der Waals surface area (Å²) in [6.45, 7) is 2.83. The molecule has 150 valence electrons. The molecule has 30 heavy (non-hydrogen) atoms. The first kappa shape index (κ1) is 18.7. The molecular weight excluding hydrogens is 398 g/mol. The first-order valence-corrected chi connectivity index (χ1v) is 10.3. The van der Waals surface area contributed by atoms with Crippen molar-refractivity contribution in [3.8, 4) is 11.5 Å². The molecule has 0 unspecified atom stereocenters. The van der Waals surface area contributed by atoms with Gasteiger partial charge in [-0.05, 0) is 42.5 Å². The Morgan fingerprint density at radius 1 is 0.933 bits per heavy atom. The van der Waals surface area contributed by atoms with Crippen LogP contribution in [0.4, 0.5) is 5.69 Å². The molecule has 5 rings (SSSR count). The number of piperazine rings is 1. The average Bonchev–Trinajstić information content (AvgIpc) is 3.33. The number of furan rings is 1. The number of nitrogens with zero attached hydrogens (tertiary/aromatic N) is 3. The van der Waals surface area contributed by atoms with Crippen molar-refractivity contribution in [2.45, 2.75) is 0 Å². The number of hydrogen-bond donors (Lipinski definition) is 0. The third-order valence-corrected chi connectivity index (χ3v) is 5.70. The molecule has 2 aromatic carbocycles. The average molecular weight is 418 g/mol. The van der Waals surface area contributed by atoms with Crippen LogP contribution in [0.5, 0.6) is 0 Å². The molecule has 0 saturated carbocycles. The molecule has 1 amide bonds. The van der Waals surface area contributed by atoms with Gasteiger partial charge in [0.15, 0.2) is 5.76 Å². The zero-order valence-electron chi connectivity index (χ0n) is 16.3. The molecule has 1 saturated heterocycles. The summed E-state index contributed by atoms with van der Waals surface area (Å²) in [6.07, 6.45) is 1.61. The van der Waals surface area contributed by atoms with Gasteiger partial charge in [0.2, 0.25) is 0 Å². The van der Waals surface area contributed by atoms with E-state index in [1.807, 2.05) is 65.6 Å². The van der Waals surface area contributed by atoms with Crippen LogP contribution in [0.3, 0.4) is 0 Å². The van der Waals surface area contributed by atoms with E-state index in [1.54, 1.807) is 6.26 Å². The summed E-state index contributed by atoms with van der Waals surface area (Å²) in [7, 11) is 0. The van der Waals surface area contributed by atoms with E-state index in [0.29, 0.717) is 30.1 Å². The molecule has 0 atom stereocenters. The quantitative estimate of drug-likeness (QED) is 0.464. The predicted octanol–water partition coefficient (Wildman–Crippen LogP) is 5.11. The summed E-state index contributed by atoms with van der Waals surface area (Å²) in [5.74, 6) is 0.674. The normalized spacial score (nSPS) is 14.3. The SMILES string of the molecule is O=C(c1cc(-c2ccco2)nc2ccccc12)N1CCN(c2cccc(Cl)c2)CC1. The Balaban J connectivity index is 1.42. The summed E-state index contributed by atoms with van der Waals surface area (Å²) >= 11 is 6.13. The molecule has 0 bridgehead atoms. The monoisotopic (exact) mass is 417 g/mol. The van der Waals surface area contributed by atoms with Crippen molar-refractivity contribution >= 4 is 34.1 Å². The Labute approximate surface area is 179 Å². The van der Waals surface area contributed by atoms with Gasteiger partial charge in [-0.2, -0.15) is 0 Å². The second-order valence-electron chi connectivity index (χ2n) is 7.31. The van der Waals surface area contributed by atoms with E-state index in [1.165, 1.54) is 0 Å². The number of rotatable bonds is 3. The van der Waals surface area contributed by atoms with Gasteiger partial charge in [0.25, 0.3) is 5.91 Å². The van der Waals surface area contributed by atoms with Crippen molar-refractivity contribution in [1.29, 1.82) is 0 Å². The van der Waals surface area contributed by atoms with E-state index < -0.39 is 0 Å². The van der Waals surface area contributed by atoms with E-state index in [0.717, 1.165) is 34.7 Å². The number of para-hydroxylation sites is 1. The summed E-state index contributed by atoms with van der Waals surface area (Å²) in [4.78, 5) is 22.3. The maximum Gasteiger partial charge on any atom is 0.254 e. The highest BCUT2D eigenvalue weighted by atomic mass is 35.5. The smallest absolute Gasteiger partial charge is 0.254 e. The van der Waals surface area contributed by atoms with Crippen molar-refractivity contribution in [2.75, 3.05) is 31.1 Å². The highest BCUT2D eigenvalue weighted by Crippen LogP contribution is 2.27. The first-order chi connectivity index (χ1) is 14.7. The number of carbonyl (C=O) groups is 1. The van der Waals surface area contributed by atoms with Crippen LogP contribution < -0.4 is 4.90 Å². The Kier molecular flexibility index (Phi) is 4.89. The number of aromatic nitrogens is 1. The third kappa shape index (κ3) is 3.53. The Morgan fingerprint density at radius 3 is 2.53 bits per heavy atom. The first-order valence-electron chi connectivity index (χ1n) is 9.92. The van der Waals surface area contributed by atoms with Crippen LogP contribution >= 0.6 is 11.6 Å². The molecule has 6 heteroatoms. The summed E-state index contributed by atoms with van der Waals surface area (Å²) in [6, 6.07) is 21.1.